The van der Waals surface area contributed by atoms with Crippen molar-refractivity contribution in [3.05, 3.63) is 41.0 Å². The molecular weight excluding hydrogens is 160 g/mol. The van der Waals surface area contributed by atoms with Crippen LogP contribution < -0.4 is 0 Å². The molecule has 2 rings (SSSR count). The van der Waals surface area contributed by atoms with Gasteiger partial charge in [0.05, 0.1) is 13.2 Å². The SMILES string of the molecule is CC1=C(c2ccc(C)cc2)COC1. The van der Waals surface area contributed by atoms with Crippen molar-refractivity contribution in [1.82, 2.24) is 0 Å². The highest BCUT2D eigenvalue weighted by atomic mass is 16.5. The van der Waals surface area contributed by atoms with E-state index in [9.17, 15) is 0 Å². The van der Waals surface area contributed by atoms with E-state index < -0.39 is 0 Å². The lowest BCUT2D eigenvalue weighted by Crippen LogP contribution is -1.87. The van der Waals surface area contributed by atoms with E-state index in [1.807, 2.05) is 0 Å². The van der Waals surface area contributed by atoms with Gasteiger partial charge in [0.1, 0.15) is 0 Å². The van der Waals surface area contributed by atoms with Gasteiger partial charge in [0.25, 0.3) is 0 Å². The minimum absolute atomic E-state index is 0.773. The van der Waals surface area contributed by atoms with Gasteiger partial charge in [-0.1, -0.05) is 29.8 Å². The first-order valence-corrected chi connectivity index (χ1v) is 4.61. The first-order valence-electron chi connectivity index (χ1n) is 4.61. The summed E-state index contributed by atoms with van der Waals surface area (Å²) in [5, 5.41) is 0. The van der Waals surface area contributed by atoms with E-state index in [1.165, 1.54) is 22.3 Å². The zero-order valence-corrected chi connectivity index (χ0v) is 8.13. The molecular formula is C12H14O. The Bertz CT molecular complexity index is 333. The monoisotopic (exact) mass is 174 g/mol. The van der Waals surface area contributed by atoms with E-state index in [2.05, 4.69) is 38.1 Å². The third kappa shape index (κ3) is 1.65. The maximum atomic E-state index is 5.38. The van der Waals surface area contributed by atoms with Gasteiger partial charge >= 0.3 is 0 Å². The second kappa shape index (κ2) is 3.35. The van der Waals surface area contributed by atoms with Crippen LogP contribution in [-0.4, -0.2) is 13.2 Å². The minimum Gasteiger partial charge on any atom is -0.372 e. The summed E-state index contributed by atoms with van der Waals surface area (Å²) in [6, 6.07) is 8.63. The predicted molar refractivity (Wildman–Crippen MR) is 54.6 cm³/mol. The third-order valence-electron chi connectivity index (χ3n) is 2.48. The number of rotatable bonds is 1. The number of aryl methyl sites for hydroxylation is 1. The van der Waals surface area contributed by atoms with Crippen molar-refractivity contribution in [2.45, 2.75) is 13.8 Å². The average Bonchev–Trinajstić information content (AvgIpc) is 2.53. The average molecular weight is 174 g/mol. The Labute approximate surface area is 79.0 Å². The Hall–Kier alpha value is -1.08. The molecule has 0 spiro atoms. The van der Waals surface area contributed by atoms with Crippen LogP contribution in [0.15, 0.2) is 29.8 Å². The largest absolute Gasteiger partial charge is 0.372 e. The molecule has 1 nitrogen and oxygen atoms in total. The molecule has 0 atom stereocenters. The zero-order valence-electron chi connectivity index (χ0n) is 8.13. The normalized spacial score (nSPS) is 16.8. The van der Waals surface area contributed by atoms with Crippen LogP contribution in [0.5, 0.6) is 0 Å². The van der Waals surface area contributed by atoms with Crippen LogP contribution in [-0.2, 0) is 4.74 Å². The Morgan fingerprint density at radius 1 is 1.00 bits per heavy atom. The maximum Gasteiger partial charge on any atom is 0.0727 e. The molecule has 1 aliphatic heterocycles. The second-order valence-electron chi connectivity index (χ2n) is 3.62. The smallest absolute Gasteiger partial charge is 0.0727 e. The van der Waals surface area contributed by atoms with Crippen LogP contribution in [0.3, 0.4) is 0 Å². The Morgan fingerprint density at radius 2 is 1.69 bits per heavy atom. The molecule has 13 heavy (non-hydrogen) atoms. The van der Waals surface area contributed by atoms with Gasteiger partial charge in [-0.25, -0.2) is 0 Å². The van der Waals surface area contributed by atoms with Crippen LogP contribution in [0.1, 0.15) is 18.1 Å². The summed E-state index contributed by atoms with van der Waals surface area (Å²) in [6.07, 6.45) is 0. The summed E-state index contributed by atoms with van der Waals surface area (Å²) < 4.78 is 5.38. The predicted octanol–water partition coefficient (Wildman–Crippen LogP) is 2.80. The molecule has 0 unspecified atom stereocenters. The maximum absolute atomic E-state index is 5.38. The quantitative estimate of drug-likeness (QED) is 0.636. The molecule has 1 aromatic carbocycles. The van der Waals surface area contributed by atoms with E-state index in [0.717, 1.165) is 13.2 Å². The number of hydrogen-bond acceptors (Lipinski definition) is 1. The first-order chi connectivity index (χ1) is 6.27. The Kier molecular flexibility index (Phi) is 2.19. The molecule has 1 heteroatoms. The standard InChI is InChI=1S/C12H14O/c1-9-3-5-11(6-4-9)12-8-13-7-10(12)2/h3-6H,7-8H2,1-2H3. The lowest BCUT2D eigenvalue weighted by atomic mass is 10.0. The van der Waals surface area contributed by atoms with Crippen molar-refractivity contribution in [3.8, 4) is 0 Å². The summed E-state index contributed by atoms with van der Waals surface area (Å²) >= 11 is 0. The van der Waals surface area contributed by atoms with Gasteiger partial charge in [0, 0.05) is 0 Å². The zero-order chi connectivity index (χ0) is 9.26. The van der Waals surface area contributed by atoms with Gasteiger partial charge in [-0.05, 0) is 30.6 Å². The van der Waals surface area contributed by atoms with Crippen LogP contribution >= 0.6 is 0 Å². The van der Waals surface area contributed by atoms with Gasteiger partial charge < -0.3 is 4.74 Å². The third-order valence-corrected chi connectivity index (χ3v) is 2.48. The lowest BCUT2D eigenvalue weighted by Gasteiger charge is -2.02. The molecule has 1 aromatic rings. The van der Waals surface area contributed by atoms with Crippen LogP contribution in [0.4, 0.5) is 0 Å². The van der Waals surface area contributed by atoms with E-state index in [4.69, 9.17) is 4.74 Å². The number of benzene rings is 1. The minimum atomic E-state index is 0.773. The molecule has 0 fully saturated rings. The fourth-order valence-electron chi connectivity index (χ4n) is 1.60. The van der Waals surface area contributed by atoms with Crippen molar-refractivity contribution in [3.63, 3.8) is 0 Å². The highest BCUT2D eigenvalue weighted by Crippen LogP contribution is 2.24. The summed E-state index contributed by atoms with van der Waals surface area (Å²) in [6.45, 7) is 5.82. The van der Waals surface area contributed by atoms with Gasteiger partial charge in [-0.15, -0.1) is 0 Å². The highest BCUT2D eigenvalue weighted by Gasteiger charge is 2.12. The highest BCUT2D eigenvalue weighted by molar-refractivity contribution is 5.70. The topological polar surface area (TPSA) is 9.23 Å². The molecule has 1 heterocycles. The summed E-state index contributed by atoms with van der Waals surface area (Å²) in [7, 11) is 0. The van der Waals surface area contributed by atoms with Crippen molar-refractivity contribution < 1.29 is 4.74 Å². The molecule has 0 N–H and O–H groups in total. The Balaban J connectivity index is 2.36. The van der Waals surface area contributed by atoms with Crippen molar-refractivity contribution in [2.75, 3.05) is 13.2 Å². The van der Waals surface area contributed by atoms with Gasteiger partial charge in [0.15, 0.2) is 0 Å². The fraction of sp³-hybridized carbons (Fsp3) is 0.333. The molecule has 0 saturated carbocycles. The molecule has 0 amide bonds. The van der Waals surface area contributed by atoms with E-state index >= 15 is 0 Å². The van der Waals surface area contributed by atoms with E-state index in [-0.39, 0.29) is 0 Å². The first kappa shape index (κ1) is 8.52. The van der Waals surface area contributed by atoms with E-state index in [1.54, 1.807) is 0 Å². The Morgan fingerprint density at radius 3 is 2.23 bits per heavy atom. The van der Waals surface area contributed by atoms with E-state index in [0.29, 0.717) is 0 Å². The van der Waals surface area contributed by atoms with Crippen molar-refractivity contribution in [2.24, 2.45) is 0 Å². The van der Waals surface area contributed by atoms with Crippen LogP contribution in [0, 0.1) is 6.92 Å². The molecule has 0 aromatic heterocycles. The van der Waals surface area contributed by atoms with Crippen molar-refractivity contribution in [1.29, 1.82) is 0 Å². The molecule has 0 radical (unpaired) electrons. The molecule has 0 aliphatic carbocycles. The molecule has 1 aliphatic rings. The molecule has 68 valence electrons. The van der Waals surface area contributed by atoms with Gasteiger partial charge in [-0.3, -0.25) is 0 Å². The van der Waals surface area contributed by atoms with Crippen LogP contribution in [0.25, 0.3) is 5.57 Å². The summed E-state index contributed by atoms with van der Waals surface area (Å²) in [5.41, 5.74) is 5.34. The second-order valence-corrected chi connectivity index (χ2v) is 3.62. The van der Waals surface area contributed by atoms with Crippen LogP contribution in [0.2, 0.25) is 0 Å². The summed E-state index contributed by atoms with van der Waals surface area (Å²) in [4.78, 5) is 0. The summed E-state index contributed by atoms with van der Waals surface area (Å²) in [5.74, 6) is 0. The molecule has 0 bridgehead atoms. The van der Waals surface area contributed by atoms with Gasteiger partial charge in [0.2, 0.25) is 0 Å². The lowest BCUT2D eigenvalue weighted by molar-refractivity contribution is 0.211. The van der Waals surface area contributed by atoms with Gasteiger partial charge in [-0.2, -0.15) is 0 Å². The molecule has 0 saturated heterocycles. The fourth-order valence-corrected chi connectivity index (χ4v) is 1.60. The number of hydrogen-bond donors (Lipinski definition) is 0. The number of ether oxygens (including phenoxy) is 1. The van der Waals surface area contributed by atoms with Crippen molar-refractivity contribution >= 4 is 5.57 Å².